The number of amides is 1. The second-order valence-corrected chi connectivity index (χ2v) is 5.76. The van der Waals surface area contributed by atoms with Gasteiger partial charge < -0.3 is 24.8 Å². The Hall–Kier alpha value is -1.63. The zero-order valence-corrected chi connectivity index (χ0v) is 13.2. The molecule has 22 heavy (non-hydrogen) atoms. The Morgan fingerprint density at radius 2 is 2.05 bits per heavy atom. The average molecular weight is 308 g/mol. The van der Waals surface area contributed by atoms with E-state index in [1.165, 1.54) is 7.11 Å². The number of carbonyl (C=O) groups excluding carboxylic acids is 1. The van der Waals surface area contributed by atoms with Crippen LogP contribution in [-0.2, 0) is 9.53 Å². The van der Waals surface area contributed by atoms with Crippen molar-refractivity contribution in [1.29, 1.82) is 0 Å². The first-order valence-electron chi connectivity index (χ1n) is 7.37. The number of aliphatic hydroxyl groups excluding tert-OH is 1. The van der Waals surface area contributed by atoms with Crippen LogP contribution in [0.3, 0.4) is 0 Å². The van der Waals surface area contributed by atoms with Gasteiger partial charge in [-0.3, -0.25) is 4.79 Å². The van der Waals surface area contributed by atoms with Gasteiger partial charge in [-0.05, 0) is 26.2 Å². The highest BCUT2D eigenvalue weighted by molar-refractivity contribution is 5.77. The van der Waals surface area contributed by atoms with Gasteiger partial charge in [-0.25, -0.2) is 0 Å². The number of carbonyl (C=O) groups is 1. The Labute approximate surface area is 131 Å². The van der Waals surface area contributed by atoms with E-state index >= 15 is 0 Å². The predicted octanol–water partition coefficient (Wildman–Crippen LogP) is 0.260. The van der Waals surface area contributed by atoms with Crippen LogP contribution >= 0.6 is 0 Å². The Kier molecular flexibility index (Phi) is 5.76. The predicted molar refractivity (Wildman–Crippen MR) is 82.8 cm³/mol. The van der Waals surface area contributed by atoms with Gasteiger partial charge >= 0.3 is 0 Å². The van der Waals surface area contributed by atoms with Crippen LogP contribution in [0.2, 0.25) is 0 Å². The highest BCUT2D eigenvalue weighted by Gasteiger charge is 2.45. The maximum Gasteiger partial charge on any atom is 0.246 e. The van der Waals surface area contributed by atoms with E-state index in [1.54, 1.807) is 0 Å². The molecule has 0 heterocycles. The van der Waals surface area contributed by atoms with Gasteiger partial charge in [0.2, 0.25) is 5.91 Å². The standard InChI is InChI=1S/C16H24N2O4/c1-18(2)15-12(17-14(19)10-21-3)9-13(16(15)20)22-11-7-5-4-6-8-11/h4-8,12-13,15-16,20H,9-10H2,1-3H3,(H,17,19)/t12-,13-,15+,16+/m1/s1. The van der Waals surface area contributed by atoms with Gasteiger partial charge in [0, 0.05) is 13.5 Å². The normalized spacial score (nSPS) is 27.9. The van der Waals surface area contributed by atoms with Crippen molar-refractivity contribution in [3.05, 3.63) is 30.3 Å². The van der Waals surface area contributed by atoms with E-state index in [4.69, 9.17) is 9.47 Å². The van der Waals surface area contributed by atoms with Gasteiger partial charge in [-0.1, -0.05) is 18.2 Å². The lowest BCUT2D eigenvalue weighted by Gasteiger charge is -2.29. The third-order valence-electron chi connectivity index (χ3n) is 3.88. The summed E-state index contributed by atoms with van der Waals surface area (Å²) in [6.07, 6.45) is -0.486. The lowest BCUT2D eigenvalue weighted by atomic mass is 10.1. The molecule has 0 saturated heterocycles. The first-order valence-corrected chi connectivity index (χ1v) is 7.37. The largest absolute Gasteiger partial charge is 0.488 e. The molecule has 0 aromatic heterocycles. The van der Waals surface area contributed by atoms with Crippen LogP contribution in [0.4, 0.5) is 0 Å². The van der Waals surface area contributed by atoms with Crippen molar-refractivity contribution < 1.29 is 19.4 Å². The summed E-state index contributed by atoms with van der Waals surface area (Å²) < 4.78 is 10.7. The summed E-state index contributed by atoms with van der Waals surface area (Å²) in [5, 5.41) is 13.5. The SMILES string of the molecule is COCC(=O)N[C@@H]1C[C@@H](Oc2ccccc2)[C@H](O)[C@H]1N(C)C. The summed E-state index contributed by atoms with van der Waals surface area (Å²) in [5.41, 5.74) is 0. The van der Waals surface area contributed by atoms with Crippen LogP contribution in [0.15, 0.2) is 30.3 Å². The fourth-order valence-electron chi connectivity index (χ4n) is 2.97. The van der Waals surface area contributed by atoms with E-state index in [-0.39, 0.29) is 30.7 Å². The second-order valence-electron chi connectivity index (χ2n) is 5.76. The molecule has 1 aliphatic rings. The van der Waals surface area contributed by atoms with Gasteiger partial charge in [-0.15, -0.1) is 0 Å². The van der Waals surface area contributed by atoms with Gasteiger partial charge in [0.05, 0.1) is 12.1 Å². The molecule has 1 aromatic rings. The summed E-state index contributed by atoms with van der Waals surface area (Å²) in [5.74, 6) is 0.528. The number of para-hydroxylation sites is 1. The van der Waals surface area contributed by atoms with E-state index in [1.807, 2.05) is 49.3 Å². The first-order chi connectivity index (χ1) is 10.5. The van der Waals surface area contributed by atoms with Crippen LogP contribution in [0.5, 0.6) is 5.75 Å². The van der Waals surface area contributed by atoms with Crippen LogP contribution < -0.4 is 10.1 Å². The number of likely N-dealkylation sites (N-methyl/N-ethyl adjacent to an activating group) is 1. The fourth-order valence-corrected chi connectivity index (χ4v) is 2.97. The molecule has 122 valence electrons. The monoisotopic (exact) mass is 308 g/mol. The molecule has 0 spiro atoms. The van der Waals surface area contributed by atoms with Gasteiger partial charge in [0.1, 0.15) is 24.6 Å². The summed E-state index contributed by atoms with van der Waals surface area (Å²) in [4.78, 5) is 13.7. The topological polar surface area (TPSA) is 71.0 Å². The van der Waals surface area contributed by atoms with E-state index in [9.17, 15) is 9.90 Å². The van der Waals surface area contributed by atoms with Crippen molar-refractivity contribution in [2.45, 2.75) is 30.7 Å². The number of benzene rings is 1. The van der Waals surface area contributed by atoms with Crippen molar-refractivity contribution in [2.75, 3.05) is 27.8 Å². The van der Waals surface area contributed by atoms with Crippen LogP contribution in [0.25, 0.3) is 0 Å². The molecule has 0 unspecified atom stereocenters. The Morgan fingerprint density at radius 3 is 2.64 bits per heavy atom. The van der Waals surface area contributed by atoms with E-state index < -0.39 is 6.10 Å². The summed E-state index contributed by atoms with van der Waals surface area (Å²) in [7, 11) is 5.25. The Bertz CT molecular complexity index is 480. The molecule has 2 rings (SSSR count). The molecule has 1 fully saturated rings. The van der Waals surface area contributed by atoms with Gasteiger partial charge in [0.25, 0.3) is 0 Å². The van der Waals surface area contributed by atoms with Gasteiger partial charge in [0.15, 0.2) is 0 Å². The molecule has 6 heteroatoms. The van der Waals surface area contributed by atoms with Crippen molar-refractivity contribution in [3.8, 4) is 5.75 Å². The molecule has 0 bridgehead atoms. The number of ether oxygens (including phenoxy) is 2. The third kappa shape index (κ3) is 3.97. The molecule has 0 aliphatic heterocycles. The maximum absolute atomic E-state index is 11.8. The molecule has 4 atom stereocenters. The lowest BCUT2D eigenvalue weighted by Crippen LogP contribution is -2.51. The van der Waals surface area contributed by atoms with Crippen LogP contribution in [0.1, 0.15) is 6.42 Å². The minimum Gasteiger partial charge on any atom is -0.488 e. The Balaban J connectivity index is 2.06. The van der Waals surface area contributed by atoms with Crippen molar-refractivity contribution in [1.82, 2.24) is 10.2 Å². The van der Waals surface area contributed by atoms with Crippen LogP contribution in [-0.4, -0.2) is 68.0 Å². The quantitative estimate of drug-likeness (QED) is 0.789. The highest BCUT2D eigenvalue weighted by Crippen LogP contribution is 2.28. The smallest absolute Gasteiger partial charge is 0.246 e. The molecule has 1 aromatic carbocycles. The van der Waals surface area contributed by atoms with Crippen molar-refractivity contribution in [3.63, 3.8) is 0 Å². The fraction of sp³-hybridized carbons (Fsp3) is 0.562. The number of nitrogens with one attached hydrogen (secondary N) is 1. The van der Waals surface area contributed by atoms with Crippen molar-refractivity contribution in [2.24, 2.45) is 0 Å². The number of rotatable bonds is 6. The number of methoxy groups -OCH3 is 1. The molecule has 0 radical (unpaired) electrons. The molecule has 2 N–H and O–H groups in total. The minimum absolute atomic E-state index is 0.0109. The van der Waals surface area contributed by atoms with Gasteiger partial charge in [-0.2, -0.15) is 0 Å². The average Bonchev–Trinajstić information content (AvgIpc) is 2.76. The number of aliphatic hydroxyl groups is 1. The summed E-state index contributed by atoms with van der Waals surface area (Å²) in [6.45, 7) is 0.0109. The van der Waals surface area contributed by atoms with Crippen LogP contribution in [0, 0.1) is 0 Å². The second kappa shape index (κ2) is 7.58. The lowest BCUT2D eigenvalue weighted by molar-refractivity contribution is -0.125. The van der Waals surface area contributed by atoms with E-state index in [0.29, 0.717) is 12.2 Å². The highest BCUT2D eigenvalue weighted by atomic mass is 16.5. The van der Waals surface area contributed by atoms with Crippen molar-refractivity contribution >= 4 is 5.91 Å². The van der Waals surface area contributed by atoms with E-state index in [0.717, 1.165) is 0 Å². The molecular weight excluding hydrogens is 284 g/mol. The minimum atomic E-state index is -0.678. The zero-order valence-electron chi connectivity index (χ0n) is 13.2. The zero-order chi connectivity index (χ0) is 16.1. The Morgan fingerprint density at radius 1 is 1.36 bits per heavy atom. The third-order valence-corrected chi connectivity index (χ3v) is 3.88. The number of hydrogen-bond acceptors (Lipinski definition) is 5. The molecule has 1 aliphatic carbocycles. The molecular formula is C16H24N2O4. The summed E-state index contributed by atoms with van der Waals surface area (Å²) in [6, 6.07) is 9.02. The number of nitrogens with zero attached hydrogens (tertiary/aromatic N) is 1. The maximum atomic E-state index is 11.8. The first kappa shape index (κ1) is 16.7. The molecule has 6 nitrogen and oxygen atoms in total. The van der Waals surface area contributed by atoms with E-state index in [2.05, 4.69) is 5.32 Å². The summed E-state index contributed by atoms with van der Waals surface area (Å²) >= 11 is 0. The molecule has 1 amide bonds. The molecule has 1 saturated carbocycles. The number of hydrogen-bond donors (Lipinski definition) is 2.